The van der Waals surface area contributed by atoms with Crippen molar-refractivity contribution in [1.82, 2.24) is 15.0 Å². The van der Waals surface area contributed by atoms with Crippen LogP contribution in [0, 0.1) is 0 Å². The van der Waals surface area contributed by atoms with Crippen LogP contribution in [0.15, 0.2) is 24.4 Å². The van der Waals surface area contributed by atoms with Crippen molar-refractivity contribution in [2.24, 2.45) is 0 Å². The van der Waals surface area contributed by atoms with Crippen molar-refractivity contribution in [2.45, 2.75) is 19.3 Å². The third kappa shape index (κ3) is 3.78. The van der Waals surface area contributed by atoms with Gasteiger partial charge >= 0.3 is 0 Å². The minimum absolute atomic E-state index is 0.250. The van der Waals surface area contributed by atoms with Gasteiger partial charge in [0, 0.05) is 25.4 Å². The van der Waals surface area contributed by atoms with Crippen molar-refractivity contribution < 1.29 is 18.7 Å². The third-order valence-electron chi connectivity index (χ3n) is 3.23. The summed E-state index contributed by atoms with van der Waals surface area (Å²) in [6.07, 6.45) is 1.24. The number of aromatic nitrogens is 3. The van der Waals surface area contributed by atoms with Gasteiger partial charge in [0.15, 0.2) is 5.82 Å². The molecule has 0 aromatic carbocycles. The minimum Gasteiger partial charge on any atom is -0.483 e. The van der Waals surface area contributed by atoms with Crippen molar-refractivity contribution in [2.75, 3.05) is 18.0 Å². The lowest BCUT2D eigenvalue weighted by atomic mass is 10.3. The summed E-state index contributed by atoms with van der Waals surface area (Å²) in [7, 11) is 0. The summed E-state index contributed by atoms with van der Waals surface area (Å²) in [5, 5.41) is 6.89. The van der Waals surface area contributed by atoms with E-state index in [9.17, 15) is 8.78 Å². The zero-order valence-corrected chi connectivity index (χ0v) is 11.7. The Kier molecular flexibility index (Phi) is 5.40. The lowest BCUT2D eigenvalue weighted by Gasteiger charge is -2.17. The van der Waals surface area contributed by atoms with Crippen LogP contribution in [0.1, 0.15) is 25.1 Å². The van der Waals surface area contributed by atoms with Gasteiger partial charge in [-0.3, -0.25) is 4.79 Å². The molecule has 0 aliphatic carbocycles. The maximum atomic E-state index is 12.9. The molecular weight excluding hydrogens is 294 g/mol. The number of rotatable bonds is 3. The Hall–Kier alpha value is -2.51. The number of hydrogen-bond donors (Lipinski definition) is 2. The molecule has 3 rings (SSSR count). The Bertz CT molecular complexity index is 599. The molecule has 8 heteroatoms. The minimum atomic E-state index is -2.66. The molecule has 2 N–H and O–H groups in total. The normalized spacial score (nSPS) is 13.9. The molecule has 0 spiro atoms. The standard InChI is InChI=1S/C13H14F2N4.CH2O2/c14-12(15)13-17-10(9-4-3-5-16-9)8-11(18-13)19-6-1-2-7-19;2-1-3/h3-5,8,12,16H,1-2,6-7H2;1H,(H,2,3). The molecule has 0 unspecified atom stereocenters. The van der Waals surface area contributed by atoms with Crippen LogP contribution in [0.5, 0.6) is 0 Å². The van der Waals surface area contributed by atoms with E-state index >= 15 is 0 Å². The first-order chi connectivity index (χ1) is 10.7. The van der Waals surface area contributed by atoms with E-state index in [1.807, 2.05) is 17.0 Å². The molecule has 2 aromatic rings. The van der Waals surface area contributed by atoms with Crippen molar-refractivity contribution in [3.8, 4) is 11.4 Å². The largest absolute Gasteiger partial charge is 0.483 e. The maximum absolute atomic E-state index is 12.9. The molecule has 118 valence electrons. The third-order valence-corrected chi connectivity index (χ3v) is 3.23. The highest BCUT2D eigenvalue weighted by atomic mass is 19.3. The van der Waals surface area contributed by atoms with E-state index in [1.165, 1.54) is 0 Å². The number of H-pyrrole nitrogens is 1. The molecule has 1 saturated heterocycles. The van der Waals surface area contributed by atoms with Gasteiger partial charge in [-0.05, 0) is 25.0 Å². The highest BCUT2D eigenvalue weighted by Gasteiger charge is 2.19. The Morgan fingerprint density at radius 2 is 2.00 bits per heavy atom. The number of nitrogens with zero attached hydrogens (tertiary/aromatic N) is 3. The molecule has 1 aliphatic rings. The van der Waals surface area contributed by atoms with Crippen LogP contribution in [0.4, 0.5) is 14.6 Å². The Morgan fingerprint density at radius 1 is 1.32 bits per heavy atom. The van der Waals surface area contributed by atoms with Gasteiger partial charge in [0.05, 0.1) is 11.4 Å². The maximum Gasteiger partial charge on any atom is 0.297 e. The fourth-order valence-corrected chi connectivity index (χ4v) is 2.29. The number of halogens is 2. The van der Waals surface area contributed by atoms with E-state index in [1.54, 1.807) is 12.3 Å². The fourth-order valence-electron chi connectivity index (χ4n) is 2.29. The van der Waals surface area contributed by atoms with Gasteiger partial charge in [-0.15, -0.1) is 0 Å². The zero-order chi connectivity index (χ0) is 15.9. The van der Waals surface area contributed by atoms with Crippen LogP contribution in [0.3, 0.4) is 0 Å². The molecular formula is C14H16F2N4O2. The van der Waals surface area contributed by atoms with Gasteiger partial charge in [-0.1, -0.05) is 0 Å². The fraction of sp³-hybridized carbons (Fsp3) is 0.357. The zero-order valence-electron chi connectivity index (χ0n) is 11.7. The highest BCUT2D eigenvalue weighted by Crippen LogP contribution is 2.26. The monoisotopic (exact) mass is 310 g/mol. The molecule has 0 atom stereocenters. The second kappa shape index (κ2) is 7.48. The van der Waals surface area contributed by atoms with E-state index < -0.39 is 12.2 Å². The summed E-state index contributed by atoms with van der Waals surface area (Å²) in [6, 6.07) is 5.39. The molecule has 6 nitrogen and oxygen atoms in total. The highest BCUT2D eigenvalue weighted by molar-refractivity contribution is 5.59. The molecule has 3 heterocycles. The average molecular weight is 310 g/mol. The van der Waals surface area contributed by atoms with Gasteiger partial charge in [0.2, 0.25) is 0 Å². The first-order valence-electron chi connectivity index (χ1n) is 6.79. The van der Waals surface area contributed by atoms with Gasteiger partial charge in [-0.25, -0.2) is 18.7 Å². The Morgan fingerprint density at radius 3 is 2.55 bits per heavy atom. The van der Waals surface area contributed by atoms with Crippen LogP contribution in [0.25, 0.3) is 11.4 Å². The van der Waals surface area contributed by atoms with E-state index in [0.29, 0.717) is 11.5 Å². The Balaban J connectivity index is 0.000000545. The smallest absolute Gasteiger partial charge is 0.297 e. The Labute approximate surface area is 125 Å². The van der Waals surface area contributed by atoms with Crippen LogP contribution < -0.4 is 4.90 Å². The molecule has 0 amide bonds. The first kappa shape index (κ1) is 15.9. The predicted molar refractivity (Wildman–Crippen MR) is 76.9 cm³/mol. The van der Waals surface area contributed by atoms with Crippen molar-refractivity contribution in [1.29, 1.82) is 0 Å². The summed E-state index contributed by atoms with van der Waals surface area (Å²) in [6.45, 7) is 1.48. The van der Waals surface area contributed by atoms with Gasteiger partial charge in [0.1, 0.15) is 5.82 Å². The summed E-state index contributed by atoms with van der Waals surface area (Å²) < 4.78 is 25.8. The molecule has 1 aliphatic heterocycles. The van der Waals surface area contributed by atoms with E-state index in [4.69, 9.17) is 9.90 Å². The lowest BCUT2D eigenvalue weighted by molar-refractivity contribution is -0.122. The van der Waals surface area contributed by atoms with E-state index in [0.717, 1.165) is 31.6 Å². The van der Waals surface area contributed by atoms with Crippen molar-refractivity contribution >= 4 is 12.3 Å². The first-order valence-corrected chi connectivity index (χ1v) is 6.79. The second-order valence-corrected chi connectivity index (χ2v) is 4.65. The van der Waals surface area contributed by atoms with Crippen molar-refractivity contribution in [3.63, 3.8) is 0 Å². The lowest BCUT2D eigenvalue weighted by Crippen LogP contribution is -2.20. The SMILES string of the molecule is FC(F)c1nc(-c2ccc[nH]2)cc(N2CCCC2)n1.O=CO. The van der Waals surface area contributed by atoms with Crippen LogP contribution >= 0.6 is 0 Å². The van der Waals surface area contributed by atoms with Gasteiger partial charge < -0.3 is 15.0 Å². The molecule has 2 aromatic heterocycles. The van der Waals surface area contributed by atoms with E-state index in [-0.39, 0.29) is 6.47 Å². The summed E-state index contributed by atoms with van der Waals surface area (Å²) in [5.41, 5.74) is 1.24. The molecule has 0 saturated carbocycles. The number of aromatic amines is 1. The molecule has 0 radical (unpaired) electrons. The quantitative estimate of drug-likeness (QED) is 0.852. The van der Waals surface area contributed by atoms with Crippen molar-refractivity contribution in [3.05, 3.63) is 30.2 Å². The number of alkyl halides is 2. The predicted octanol–water partition coefficient (Wildman–Crippen LogP) is 2.71. The van der Waals surface area contributed by atoms with Gasteiger partial charge in [0.25, 0.3) is 12.9 Å². The summed E-state index contributed by atoms with van der Waals surface area (Å²) >= 11 is 0. The van der Waals surface area contributed by atoms with E-state index in [2.05, 4.69) is 15.0 Å². The second-order valence-electron chi connectivity index (χ2n) is 4.65. The summed E-state index contributed by atoms with van der Waals surface area (Å²) in [5.74, 6) is 0.182. The number of nitrogens with one attached hydrogen (secondary N) is 1. The molecule has 1 fully saturated rings. The molecule has 0 bridgehead atoms. The molecule has 22 heavy (non-hydrogen) atoms. The summed E-state index contributed by atoms with van der Waals surface area (Å²) in [4.78, 5) is 21.3. The van der Waals surface area contributed by atoms with Crippen LogP contribution in [0.2, 0.25) is 0 Å². The van der Waals surface area contributed by atoms with Crippen LogP contribution in [-0.4, -0.2) is 39.6 Å². The number of carbonyl (C=O) groups is 1. The van der Waals surface area contributed by atoms with Crippen LogP contribution in [-0.2, 0) is 4.79 Å². The number of hydrogen-bond acceptors (Lipinski definition) is 4. The number of carboxylic acid groups (broad SMARTS) is 1. The number of anilines is 1. The van der Waals surface area contributed by atoms with Gasteiger partial charge in [-0.2, -0.15) is 0 Å². The topological polar surface area (TPSA) is 82.1 Å². The average Bonchev–Trinajstić information content (AvgIpc) is 3.21.